The number of carbonyl (C=O) groups is 2. The SMILES string of the molecule is C=C(CC(=O)OCc1ccc(OC)cc1)C(=O)[O-]. The maximum absolute atomic E-state index is 11.3. The van der Waals surface area contributed by atoms with Gasteiger partial charge in [-0.25, -0.2) is 0 Å². The molecule has 1 aromatic carbocycles. The van der Waals surface area contributed by atoms with E-state index in [1.807, 2.05) is 0 Å². The van der Waals surface area contributed by atoms with E-state index in [9.17, 15) is 14.7 Å². The molecule has 0 radical (unpaired) electrons. The first-order valence-corrected chi connectivity index (χ1v) is 5.20. The third kappa shape index (κ3) is 4.29. The minimum atomic E-state index is -1.45. The Hall–Kier alpha value is -2.30. The van der Waals surface area contributed by atoms with E-state index in [0.717, 1.165) is 5.56 Å². The molecule has 96 valence electrons. The molecule has 0 atom stereocenters. The lowest BCUT2D eigenvalue weighted by Crippen LogP contribution is -2.25. The van der Waals surface area contributed by atoms with Crippen molar-refractivity contribution in [1.82, 2.24) is 0 Å². The zero-order valence-corrected chi connectivity index (χ0v) is 9.97. The molecule has 0 saturated heterocycles. The van der Waals surface area contributed by atoms with Gasteiger partial charge in [-0.15, -0.1) is 0 Å². The van der Waals surface area contributed by atoms with Crippen molar-refractivity contribution in [2.24, 2.45) is 0 Å². The molecule has 0 bridgehead atoms. The Balaban J connectivity index is 2.42. The molecule has 0 saturated carbocycles. The number of esters is 1. The van der Waals surface area contributed by atoms with Crippen LogP contribution in [-0.4, -0.2) is 19.0 Å². The van der Waals surface area contributed by atoms with Crippen molar-refractivity contribution in [2.75, 3.05) is 7.11 Å². The molecule has 18 heavy (non-hydrogen) atoms. The first-order chi connectivity index (χ1) is 8.52. The second kappa shape index (κ2) is 6.44. The lowest BCUT2D eigenvalue weighted by molar-refractivity contribution is -0.299. The normalized spacial score (nSPS) is 9.61. The minimum absolute atomic E-state index is 0.0726. The van der Waals surface area contributed by atoms with Crippen molar-refractivity contribution in [3.63, 3.8) is 0 Å². The van der Waals surface area contributed by atoms with Crippen molar-refractivity contribution in [3.05, 3.63) is 42.0 Å². The summed E-state index contributed by atoms with van der Waals surface area (Å²) in [5.74, 6) is -1.40. The minimum Gasteiger partial charge on any atom is -0.545 e. The molecule has 0 fully saturated rings. The predicted molar refractivity (Wildman–Crippen MR) is 61.6 cm³/mol. The average Bonchev–Trinajstić information content (AvgIpc) is 2.36. The average molecular weight is 249 g/mol. The van der Waals surface area contributed by atoms with Crippen LogP contribution in [0, 0.1) is 0 Å². The maximum Gasteiger partial charge on any atom is 0.310 e. The third-order valence-corrected chi connectivity index (χ3v) is 2.21. The summed E-state index contributed by atoms with van der Waals surface area (Å²) >= 11 is 0. The largest absolute Gasteiger partial charge is 0.545 e. The van der Waals surface area contributed by atoms with Crippen LogP contribution in [-0.2, 0) is 20.9 Å². The Bertz CT molecular complexity index is 447. The molecule has 1 rings (SSSR count). The number of carbonyl (C=O) groups excluding carboxylic acids is 2. The van der Waals surface area contributed by atoms with E-state index >= 15 is 0 Å². The Kier molecular flexibility index (Phi) is 4.92. The van der Waals surface area contributed by atoms with Crippen LogP contribution in [0.25, 0.3) is 0 Å². The van der Waals surface area contributed by atoms with Gasteiger partial charge in [-0.3, -0.25) is 4.79 Å². The highest BCUT2D eigenvalue weighted by atomic mass is 16.5. The summed E-state index contributed by atoms with van der Waals surface area (Å²) in [7, 11) is 1.56. The van der Waals surface area contributed by atoms with E-state index in [4.69, 9.17) is 9.47 Å². The van der Waals surface area contributed by atoms with Crippen LogP contribution in [0.2, 0.25) is 0 Å². The van der Waals surface area contributed by atoms with Gasteiger partial charge in [0, 0.05) is 0 Å². The van der Waals surface area contributed by atoms with E-state index in [1.54, 1.807) is 31.4 Å². The van der Waals surface area contributed by atoms with Crippen molar-refractivity contribution in [1.29, 1.82) is 0 Å². The van der Waals surface area contributed by atoms with Gasteiger partial charge in [-0.2, -0.15) is 0 Å². The fourth-order valence-electron chi connectivity index (χ4n) is 1.18. The van der Waals surface area contributed by atoms with Crippen LogP contribution in [0.15, 0.2) is 36.4 Å². The number of hydrogen-bond acceptors (Lipinski definition) is 5. The highest BCUT2D eigenvalue weighted by molar-refractivity contribution is 5.90. The van der Waals surface area contributed by atoms with Gasteiger partial charge in [-0.05, 0) is 23.3 Å². The van der Waals surface area contributed by atoms with Crippen molar-refractivity contribution < 1.29 is 24.2 Å². The molecule has 0 aromatic heterocycles. The van der Waals surface area contributed by atoms with Gasteiger partial charge in [0.05, 0.1) is 19.5 Å². The van der Waals surface area contributed by atoms with Gasteiger partial charge in [0.1, 0.15) is 12.4 Å². The zero-order valence-electron chi connectivity index (χ0n) is 9.97. The standard InChI is InChI=1S/C13H14O5/c1-9(13(15)16)7-12(14)18-8-10-3-5-11(17-2)6-4-10/h3-6H,1,7-8H2,2H3,(H,15,16)/p-1. The van der Waals surface area contributed by atoms with Crippen LogP contribution in [0.5, 0.6) is 5.75 Å². The van der Waals surface area contributed by atoms with E-state index in [1.165, 1.54) is 0 Å². The summed E-state index contributed by atoms with van der Waals surface area (Å²) in [6.07, 6.45) is -0.376. The van der Waals surface area contributed by atoms with E-state index in [2.05, 4.69) is 6.58 Å². The predicted octanol–water partition coefficient (Wildman–Crippen LogP) is 0.435. The number of hydrogen-bond donors (Lipinski definition) is 0. The molecule has 0 aliphatic carbocycles. The number of carboxylic acid groups (broad SMARTS) is 1. The Morgan fingerprint density at radius 2 is 1.89 bits per heavy atom. The highest BCUT2D eigenvalue weighted by Crippen LogP contribution is 2.12. The summed E-state index contributed by atoms with van der Waals surface area (Å²) in [6.45, 7) is 3.27. The van der Waals surface area contributed by atoms with Crippen LogP contribution >= 0.6 is 0 Å². The van der Waals surface area contributed by atoms with Gasteiger partial charge >= 0.3 is 5.97 Å². The number of aliphatic carboxylic acids is 1. The summed E-state index contributed by atoms with van der Waals surface area (Å²) in [5.41, 5.74) is 0.484. The quantitative estimate of drug-likeness (QED) is 0.540. The molecule has 0 aliphatic heterocycles. The number of ether oxygens (including phenoxy) is 2. The van der Waals surface area contributed by atoms with Crippen molar-refractivity contribution >= 4 is 11.9 Å². The molecule has 5 nitrogen and oxygen atoms in total. The van der Waals surface area contributed by atoms with Gasteiger partial charge in [0.25, 0.3) is 0 Å². The van der Waals surface area contributed by atoms with Gasteiger partial charge in [-0.1, -0.05) is 18.7 Å². The van der Waals surface area contributed by atoms with Gasteiger partial charge in [0.15, 0.2) is 0 Å². The fourth-order valence-corrected chi connectivity index (χ4v) is 1.18. The molecular weight excluding hydrogens is 236 g/mol. The van der Waals surface area contributed by atoms with Crippen LogP contribution in [0.4, 0.5) is 0 Å². The molecular formula is C13H13O5-. The van der Waals surface area contributed by atoms with E-state index in [0.29, 0.717) is 5.75 Å². The molecule has 0 unspecified atom stereocenters. The number of benzene rings is 1. The summed E-state index contributed by atoms with van der Waals surface area (Å²) in [6, 6.07) is 6.98. The van der Waals surface area contributed by atoms with Gasteiger partial charge in [0.2, 0.25) is 0 Å². The van der Waals surface area contributed by atoms with E-state index in [-0.39, 0.29) is 18.6 Å². The zero-order chi connectivity index (χ0) is 13.5. The van der Waals surface area contributed by atoms with Gasteiger partial charge < -0.3 is 19.4 Å². The maximum atomic E-state index is 11.3. The Morgan fingerprint density at radius 1 is 1.28 bits per heavy atom. The summed E-state index contributed by atoms with van der Waals surface area (Å²) in [4.78, 5) is 21.6. The molecule has 0 amide bonds. The third-order valence-electron chi connectivity index (χ3n) is 2.21. The number of carboxylic acids is 1. The van der Waals surface area contributed by atoms with E-state index < -0.39 is 11.9 Å². The smallest absolute Gasteiger partial charge is 0.310 e. The molecule has 5 heteroatoms. The Morgan fingerprint density at radius 3 is 2.39 bits per heavy atom. The van der Waals surface area contributed by atoms with Crippen LogP contribution in [0.1, 0.15) is 12.0 Å². The van der Waals surface area contributed by atoms with Crippen molar-refractivity contribution in [3.8, 4) is 5.75 Å². The molecule has 0 aliphatic rings. The molecule has 0 N–H and O–H groups in total. The van der Waals surface area contributed by atoms with Crippen LogP contribution < -0.4 is 9.84 Å². The lowest BCUT2D eigenvalue weighted by Gasteiger charge is -2.08. The molecule has 0 spiro atoms. The van der Waals surface area contributed by atoms with Crippen molar-refractivity contribution in [2.45, 2.75) is 13.0 Å². The highest BCUT2D eigenvalue weighted by Gasteiger charge is 2.06. The molecule has 0 heterocycles. The lowest BCUT2D eigenvalue weighted by atomic mass is 10.2. The Labute approximate surface area is 105 Å². The topological polar surface area (TPSA) is 75.7 Å². The first kappa shape index (κ1) is 13.8. The summed E-state index contributed by atoms with van der Waals surface area (Å²) in [5, 5.41) is 10.3. The number of rotatable bonds is 6. The monoisotopic (exact) mass is 249 g/mol. The second-order valence-corrected chi connectivity index (χ2v) is 3.58. The molecule has 1 aromatic rings. The second-order valence-electron chi connectivity index (χ2n) is 3.58. The fraction of sp³-hybridized carbons (Fsp3) is 0.231. The first-order valence-electron chi connectivity index (χ1n) is 5.20. The van der Waals surface area contributed by atoms with Crippen LogP contribution in [0.3, 0.4) is 0 Å². The summed E-state index contributed by atoms with van der Waals surface area (Å²) < 4.78 is 9.87. The number of methoxy groups -OCH3 is 1.